The fourth-order valence-corrected chi connectivity index (χ4v) is 2.50. The molecule has 0 aromatic heterocycles. The van der Waals surface area contributed by atoms with Gasteiger partial charge < -0.3 is 5.11 Å². The molecule has 0 radical (unpaired) electrons. The van der Waals surface area contributed by atoms with Gasteiger partial charge in [0.1, 0.15) is 11.9 Å². The molecular formula is C10H12FNO4S. The molecule has 1 atom stereocenters. The minimum absolute atomic E-state index is 0.101. The van der Waals surface area contributed by atoms with Crippen LogP contribution in [0.2, 0.25) is 0 Å². The molecule has 0 saturated heterocycles. The van der Waals surface area contributed by atoms with Crippen molar-refractivity contribution in [3.05, 3.63) is 30.1 Å². The summed E-state index contributed by atoms with van der Waals surface area (Å²) in [5, 5.41) is 8.74. The summed E-state index contributed by atoms with van der Waals surface area (Å²) >= 11 is 0. The van der Waals surface area contributed by atoms with E-state index in [0.29, 0.717) is 0 Å². The lowest BCUT2D eigenvalue weighted by Gasteiger charge is -2.12. The Labute approximate surface area is 98.3 Å². The van der Waals surface area contributed by atoms with Gasteiger partial charge in [-0.25, -0.2) is 12.8 Å². The first-order valence-electron chi connectivity index (χ1n) is 4.87. The average molecular weight is 261 g/mol. The number of halogens is 1. The van der Waals surface area contributed by atoms with Crippen molar-refractivity contribution in [2.45, 2.75) is 24.3 Å². The van der Waals surface area contributed by atoms with Gasteiger partial charge in [0.2, 0.25) is 10.0 Å². The maximum atomic E-state index is 12.9. The van der Waals surface area contributed by atoms with Crippen LogP contribution in [0.25, 0.3) is 0 Å². The van der Waals surface area contributed by atoms with E-state index in [1.54, 1.807) is 0 Å². The number of aliphatic carboxylic acids is 1. The molecule has 0 fully saturated rings. The number of carbonyl (C=O) groups is 1. The standard InChI is InChI=1S/C10H12FNO4S/c1-2-9(10(13)14)12-17(15,16)8-5-3-4-7(11)6-8/h3-6,9,12H,2H2,1H3,(H,13,14)/t9-/m0/s1. The first-order chi connectivity index (χ1) is 7.86. The lowest BCUT2D eigenvalue weighted by atomic mass is 10.2. The summed E-state index contributed by atoms with van der Waals surface area (Å²) in [7, 11) is -4.01. The van der Waals surface area contributed by atoms with Crippen molar-refractivity contribution in [3.63, 3.8) is 0 Å². The van der Waals surface area contributed by atoms with Crippen LogP contribution in [0.5, 0.6) is 0 Å². The molecule has 0 unspecified atom stereocenters. The van der Waals surface area contributed by atoms with Crippen LogP contribution in [0.3, 0.4) is 0 Å². The summed E-state index contributed by atoms with van der Waals surface area (Å²) in [5.74, 6) is -1.97. The zero-order valence-electron chi connectivity index (χ0n) is 9.05. The van der Waals surface area contributed by atoms with E-state index in [1.807, 2.05) is 4.72 Å². The molecule has 0 amide bonds. The van der Waals surface area contributed by atoms with Gasteiger partial charge in [0.05, 0.1) is 4.90 Å². The molecule has 2 N–H and O–H groups in total. The van der Waals surface area contributed by atoms with Gasteiger partial charge in [-0.3, -0.25) is 4.79 Å². The van der Waals surface area contributed by atoms with E-state index in [9.17, 15) is 17.6 Å². The first-order valence-corrected chi connectivity index (χ1v) is 6.36. The summed E-state index contributed by atoms with van der Waals surface area (Å²) in [6, 6.07) is 3.15. The van der Waals surface area contributed by atoms with E-state index in [2.05, 4.69) is 0 Å². The highest BCUT2D eigenvalue weighted by molar-refractivity contribution is 7.89. The zero-order chi connectivity index (χ0) is 13.1. The predicted octanol–water partition coefficient (Wildman–Crippen LogP) is 0.967. The number of hydrogen-bond acceptors (Lipinski definition) is 3. The van der Waals surface area contributed by atoms with Gasteiger partial charge in [-0.2, -0.15) is 4.72 Å². The van der Waals surface area contributed by atoms with Crippen molar-refractivity contribution in [2.75, 3.05) is 0 Å². The Morgan fingerprint density at radius 2 is 2.18 bits per heavy atom. The Bertz CT molecular complexity index is 515. The van der Waals surface area contributed by atoms with Crippen LogP contribution < -0.4 is 4.72 Å². The second kappa shape index (κ2) is 5.24. The molecule has 1 aromatic carbocycles. The predicted molar refractivity (Wildman–Crippen MR) is 58.4 cm³/mol. The van der Waals surface area contributed by atoms with Gasteiger partial charge in [-0.15, -0.1) is 0 Å². The van der Waals surface area contributed by atoms with Gasteiger partial charge in [0.15, 0.2) is 0 Å². The molecule has 17 heavy (non-hydrogen) atoms. The van der Waals surface area contributed by atoms with Crippen LogP contribution in [0.4, 0.5) is 4.39 Å². The van der Waals surface area contributed by atoms with Crippen LogP contribution in [0, 0.1) is 5.82 Å². The van der Waals surface area contributed by atoms with Crippen LogP contribution >= 0.6 is 0 Å². The Morgan fingerprint density at radius 3 is 2.65 bits per heavy atom. The minimum Gasteiger partial charge on any atom is -0.480 e. The van der Waals surface area contributed by atoms with Crippen LogP contribution in [0.15, 0.2) is 29.2 Å². The minimum atomic E-state index is -4.01. The van der Waals surface area contributed by atoms with E-state index in [4.69, 9.17) is 5.11 Å². The molecule has 94 valence electrons. The molecule has 0 aliphatic carbocycles. The fraction of sp³-hybridized carbons (Fsp3) is 0.300. The normalized spacial score (nSPS) is 13.3. The molecule has 0 saturated carbocycles. The Balaban J connectivity index is 3.00. The second-order valence-electron chi connectivity index (χ2n) is 3.38. The van der Waals surface area contributed by atoms with Crippen molar-refractivity contribution < 1.29 is 22.7 Å². The van der Waals surface area contributed by atoms with Crippen LogP contribution in [-0.2, 0) is 14.8 Å². The average Bonchev–Trinajstić information content (AvgIpc) is 2.25. The van der Waals surface area contributed by atoms with E-state index in [0.717, 1.165) is 12.1 Å². The SMILES string of the molecule is CC[C@H](NS(=O)(=O)c1cccc(F)c1)C(=O)O. The summed E-state index contributed by atoms with van der Waals surface area (Å²) in [5.41, 5.74) is 0. The van der Waals surface area contributed by atoms with E-state index < -0.39 is 27.9 Å². The third kappa shape index (κ3) is 3.50. The largest absolute Gasteiger partial charge is 0.480 e. The van der Waals surface area contributed by atoms with Crippen molar-refractivity contribution in [1.29, 1.82) is 0 Å². The Kier molecular flexibility index (Phi) is 4.19. The third-order valence-corrected chi connectivity index (χ3v) is 3.58. The monoisotopic (exact) mass is 261 g/mol. The molecule has 0 heterocycles. The number of rotatable bonds is 5. The van der Waals surface area contributed by atoms with Crippen LogP contribution in [-0.4, -0.2) is 25.5 Å². The van der Waals surface area contributed by atoms with Gasteiger partial charge >= 0.3 is 5.97 Å². The van der Waals surface area contributed by atoms with Crippen LogP contribution in [0.1, 0.15) is 13.3 Å². The van der Waals surface area contributed by atoms with Crippen molar-refractivity contribution in [1.82, 2.24) is 4.72 Å². The number of sulfonamides is 1. The van der Waals surface area contributed by atoms with Gasteiger partial charge in [0, 0.05) is 0 Å². The molecule has 0 spiro atoms. The number of nitrogens with one attached hydrogen (secondary N) is 1. The number of benzene rings is 1. The van der Waals surface area contributed by atoms with Crippen molar-refractivity contribution >= 4 is 16.0 Å². The lowest BCUT2D eigenvalue weighted by molar-refractivity contribution is -0.139. The van der Waals surface area contributed by atoms with E-state index in [-0.39, 0.29) is 11.3 Å². The van der Waals surface area contributed by atoms with E-state index >= 15 is 0 Å². The fourth-order valence-electron chi connectivity index (χ4n) is 1.20. The molecule has 5 nitrogen and oxygen atoms in total. The number of hydrogen-bond donors (Lipinski definition) is 2. The number of carboxylic acids is 1. The summed E-state index contributed by atoms with van der Waals surface area (Å²) in [4.78, 5) is 10.4. The van der Waals surface area contributed by atoms with Gasteiger partial charge in [-0.1, -0.05) is 13.0 Å². The maximum absolute atomic E-state index is 12.9. The third-order valence-electron chi connectivity index (χ3n) is 2.11. The lowest BCUT2D eigenvalue weighted by Crippen LogP contribution is -2.40. The van der Waals surface area contributed by atoms with Gasteiger partial charge in [-0.05, 0) is 24.6 Å². The summed E-state index contributed by atoms with van der Waals surface area (Å²) in [6.07, 6.45) is 0.101. The zero-order valence-corrected chi connectivity index (χ0v) is 9.87. The Morgan fingerprint density at radius 1 is 1.53 bits per heavy atom. The highest BCUT2D eigenvalue weighted by atomic mass is 32.2. The quantitative estimate of drug-likeness (QED) is 0.827. The van der Waals surface area contributed by atoms with Crippen molar-refractivity contribution in [2.24, 2.45) is 0 Å². The first kappa shape index (κ1) is 13.6. The molecule has 1 rings (SSSR count). The van der Waals surface area contributed by atoms with E-state index in [1.165, 1.54) is 19.1 Å². The summed E-state index contributed by atoms with van der Waals surface area (Å²) in [6.45, 7) is 1.53. The topological polar surface area (TPSA) is 83.5 Å². The van der Waals surface area contributed by atoms with Gasteiger partial charge in [0.25, 0.3) is 0 Å². The summed E-state index contributed by atoms with van der Waals surface area (Å²) < 4.78 is 38.3. The smallest absolute Gasteiger partial charge is 0.321 e. The maximum Gasteiger partial charge on any atom is 0.321 e. The molecule has 7 heteroatoms. The molecular weight excluding hydrogens is 249 g/mol. The highest BCUT2D eigenvalue weighted by Crippen LogP contribution is 2.11. The second-order valence-corrected chi connectivity index (χ2v) is 5.09. The molecule has 0 aliphatic heterocycles. The molecule has 0 bridgehead atoms. The number of carboxylic acid groups (broad SMARTS) is 1. The Hall–Kier alpha value is -1.47. The van der Waals surface area contributed by atoms with Crippen molar-refractivity contribution in [3.8, 4) is 0 Å². The highest BCUT2D eigenvalue weighted by Gasteiger charge is 2.23. The molecule has 1 aromatic rings. The molecule has 0 aliphatic rings.